The van der Waals surface area contributed by atoms with Crippen molar-refractivity contribution in [2.24, 2.45) is 0 Å². The SMILES string of the molecule is O=C(O)CNc1nnc(-c2ccccc2)s1. The second-order valence-corrected chi connectivity index (χ2v) is 4.00. The van der Waals surface area contributed by atoms with E-state index in [2.05, 4.69) is 15.5 Å². The Hall–Kier alpha value is -1.95. The van der Waals surface area contributed by atoms with E-state index in [1.165, 1.54) is 11.3 Å². The first-order chi connectivity index (χ1) is 7.75. The Morgan fingerprint density at radius 1 is 1.31 bits per heavy atom. The number of nitrogens with zero attached hydrogens (tertiary/aromatic N) is 2. The molecule has 0 fully saturated rings. The molecule has 2 rings (SSSR count). The van der Waals surface area contributed by atoms with E-state index in [1.54, 1.807) is 0 Å². The maximum absolute atomic E-state index is 10.3. The summed E-state index contributed by atoms with van der Waals surface area (Å²) in [6.45, 7) is -0.149. The fourth-order valence-corrected chi connectivity index (χ4v) is 1.89. The van der Waals surface area contributed by atoms with Gasteiger partial charge in [-0.1, -0.05) is 41.7 Å². The lowest BCUT2D eigenvalue weighted by atomic mass is 10.2. The lowest BCUT2D eigenvalue weighted by molar-refractivity contribution is -0.134. The zero-order valence-electron chi connectivity index (χ0n) is 8.25. The Bertz CT molecular complexity index is 484. The second kappa shape index (κ2) is 4.71. The van der Waals surface area contributed by atoms with Crippen LogP contribution >= 0.6 is 11.3 Å². The van der Waals surface area contributed by atoms with Crippen LogP contribution in [0.3, 0.4) is 0 Å². The lowest BCUT2D eigenvalue weighted by Gasteiger charge is -1.94. The molecule has 0 atom stereocenters. The average molecular weight is 235 g/mol. The molecule has 0 bridgehead atoms. The maximum atomic E-state index is 10.3. The first-order valence-corrected chi connectivity index (χ1v) is 5.42. The number of anilines is 1. The summed E-state index contributed by atoms with van der Waals surface area (Å²) in [5, 5.41) is 20.3. The summed E-state index contributed by atoms with van der Waals surface area (Å²) in [5.41, 5.74) is 0.975. The van der Waals surface area contributed by atoms with Gasteiger partial charge >= 0.3 is 5.97 Å². The number of benzene rings is 1. The van der Waals surface area contributed by atoms with E-state index in [-0.39, 0.29) is 6.54 Å². The van der Waals surface area contributed by atoms with Crippen LogP contribution in [0.15, 0.2) is 30.3 Å². The Kier molecular flexibility index (Phi) is 3.11. The zero-order valence-corrected chi connectivity index (χ0v) is 9.07. The van der Waals surface area contributed by atoms with Gasteiger partial charge in [0.15, 0.2) is 0 Å². The second-order valence-electron chi connectivity index (χ2n) is 3.03. The van der Waals surface area contributed by atoms with Gasteiger partial charge in [0.2, 0.25) is 5.13 Å². The minimum atomic E-state index is -0.920. The van der Waals surface area contributed by atoms with E-state index >= 15 is 0 Å². The van der Waals surface area contributed by atoms with E-state index in [0.29, 0.717) is 5.13 Å². The van der Waals surface area contributed by atoms with Gasteiger partial charge in [-0.15, -0.1) is 10.2 Å². The molecule has 82 valence electrons. The summed E-state index contributed by atoms with van der Waals surface area (Å²) in [4.78, 5) is 10.3. The van der Waals surface area contributed by atoms with Gasteiger partial charge in [0.1, 0.15) is 11.6 Å². The highest BCUT2D eigenvalue weighted by Gasteiger charge is 2.06. The standard InChI is InChI=1S/C10H9N3O2S/c14-8(15)6-11-10-13-12-9(16-10)7-4-2-1-3-5-7/h1-5H,6H2,(H,11,13)(H,14,15). The highest BCUT2D eigenvalue weighted by Crippen LogP contribution is 2.25. The third kappa shape index (κ3) is 2.54. The topological polar surface area (TPSA) is 75.1 Å². The molecule has 0 saturated carbocycles. The van der Waals surface area contributed by atoms with Gasteiger partial charge in [-0.3, -0.25) is 4.79 Å². The van der Waals surface area contributed by atoms with Gasteiger partial charge in [-0.2, -0.15) is 0 Å². The molecular weight excluding hydrogens is 226 g/mol. The third-order valence-corrected chi connectivity index (χ3v) is 2.77. The van der Waals surface area contributed by atoms with Crippen molar-refractivity contribution in [1.29, 1.82) is 0 Å². The summed E-state index contributed by atoms with van der Waals surface area (Å²) in [6.07, 6.45) is 0. The number of carbonyl (C=O) groups is 1. The first-order valence-electron chi connectivity index (χ1n) is 4.60. The predicted octanol–water partition coefficient (Wildman–Crippen LogP) is 1.70. The molecule has 0 unspecified atom stereocenters. The molecular formula is C10H9N3O2S. The van der Waals surface area contributed by atoms with E-state index in [9.17, 15) is 4.79 Å². The third-order valence-electron chi connectivity index (χ3n) is 1.84. The van der Waals surface area contributed by atoms with Crippen molar-refractivity contribution in [1.82, 2.24) is 10.2 Å². The number of nitrogens with one attached hydrogen (secondary N) is 1. The number of hydrogen-bond acceptors (Lipinski definition) is 5. The van der Waals surface area contributed by atoms with Crippen LogP contribution in [0.25, 0.3) is 10.6 Å². The molecule has 1 heterocycles. The van der Waals surface area contributed by atoms with Gasteiger partial charge in [0.05, 0.1) is 0 Å². The van der Waals surface area contributed by atoms with Crippen LogP contribution in [-0.4, -0.2) is 27.8 Å². The van der Waals surface area contributed by atoms with Crippen molar-refractivity contribution in [3.05, 3.63) is 30.3 Å². The van der Waals surface area contributed by atoms with E-state index in [1.807, 2.05) is 30.3 Å². The van der Waals surface area contributed by atoms with Crippen LogP contribution in [0.4, 0.5) is 5.13 Å². The molecule has 0 radical (unpaired) electrons. The molecule has 6 heteroatoms. The van der Waals surface area contributed by atoms with Crippen molar-refractivity contribution >= 4 is 22.4 Å². The number of rotatable bonds is 4. The molecule has 0 spiro atoms. The number of carboxylic acids is 1. The highest BCUT2D eigenvalue weighted by atomic mass is 32.1. The zero-order chi connectivity index (χ0) is 11.4. The molecule has 0 aliphatic rings. The van der Waals surface area contributed by atoms with Crippen molar-refractivity contribution in [2.45, 2.75) is 0 Å². The molecule has 0 aliphatic heterocycles. The van der Waals surface area contributed by atoms with Crippen molar-refractivity contribution in [3.8, 4) is 10.6 Å². The molecule has 5 nitrogen and oxygen atoms in total. The van der Waals surface area contributed by atoms with Crippen molar-refractivity contribution in [3.63, 3.8) is 0 Å². The van der Waals surface area contributed by atoms with Crippen molar-refractivity contribution in [2.75, 3.05) is 11.9 Å². The lowest BCUT2D eigenvalue weighted by Crippen LogP contribution is -2.11. The number of aliphatic carboxylic acids is 1. The Balaban J connectivity index is 2.11. The Labute approximate surface area is 95.8 Å². The molecule has 0 amide bonds. The van der Waals surface area contributed by atoms with Crippen LogP contribution in [0.5, 0.6) is 0 Å². The molecule has 2 aromatic rings. The quantitative estimate of drug-likeness (QED) is 0.843. The molecule has 0 saturated heterocycles. The van der Waals surface area contributed by atoms with Gasteiger partial charge in [0.25, 0.3) is 0 Å². The molecule has 1 aromatic carbocycles. The molecule has 1 aromatic heterocycles. The Morgan fingerprint density at radius 2 is 2.06 bits per heavy atom. The number of aromatic nitrogens is 2. The van der Waals surface area contributed by atoms with E-state index < -0.39 is 5.97 Å². The summed E-state index contributed by atoms with van der Waals surface area (Å²) in [5.74, 6) is -0.920. The van der Waals surface area contributed by atoms with Gasteiger partial charge < -0.3 is 10.4 Å². The number of carboxylic acid groups (broad SMARTS) is 1. The van der Waals surface area contributed by atoms with E-state index in [4.69, 9.17) is 5.11 Å². The minimum absolute atomic E-state index is 0.149. The smallest absolute Gasteiger partial charge is 0.322 e. The molecule has 16 heavy (non-hydrogen) atoms. The average Bonchev–Trinajstić information content (AvgIpc) is 2.76. The fraction of sp³-hybridized carbons (Fsp3) is 0.100. The molecule has 2 N–H and O–H groups in total. The summed E-state index contributed by atoms with van der Waals surface area (Å²) < 4.78 is 0. The number of hydrogen-bond donors (Lipinski definition) is 2. The van der Waals surface area contributed by atoms with Crippen LogP contribution in [0, 0.1) is 0 Å². The minimum Gasteiger partial charge on any atom is -0.480 e. The summed E-state index contributed by atoms with van der Waals surface area (Å²) >= 11 is 1.33. The van der Waals surface area contributed by atoms with Gasteiger partial charge in [-0.25, -0.2) is 0 Å². The van der Waals surface area contributed by atoms with Gasteiger partial charge in [-0.05, 0) is 0 Å². The summed E-state index contributed by atoms with van der Waals surface area (Å²) in [7, 11) is 0. The fourth-order valence-electron chi connectivity index (χ4n) is 1.14. The van der Waals surface area contributed by atoms with Crippen LogP contribution in [-0.2, 0) is 4.79 Å². The van der Waals surface area contributed by atoms with Crippen LogP contribution < -0.4 is 5.32 Å². The summed E-state index contributed by atoms with van der Waals surface area (Å²) in [6, 6.07) is 9.62. The van der Waals surface area contributed by atoms with Crippen molar-refractivity contribution < 1.29 is 9.90 Å². The normalized spacial score (nSPS) is 10.0. The Morgan fingerprint density at radius 3 is 2.75 bits per heavy atom. The van der Waals surface area contributed by atoms with Gasteiger partial charge in [0, 0.05) is 5.56 Å². The first kappa shape index (κ1) is 10.6. The largest absolute Gasteiger partial charge is 0.480 e. The highest BCUT2D eigenvalue weighted by molar-refractivity contribution is 7.18. The maximum Gasteiger partial charge on any atom is 0.322 e. The van der Waals surface area contributed by atoms with E-state index in [0.717, 1.165) is 10.6 Å². The monoisotopic (exact) mass is 235 g/mol. The van der Waals surface area contributed by atoms with Crippen LogP contribution in [0.1, 0.15) is 0 Å². The van der Waals surface area contributed by atoms with Crippen LogP contribution in [0.2, 0.25) is 0 Å². The predicted molar refractivity (Wildman–Crippen MR) is 61.5 cm³/mol. The molecule has 0 aliphatic carbocycles.